The van der Waals surface area contributed by atoms with Gasteiger partial charge in [-0.05, 0) is 134 Å². The predicted molar refractivity (Wildman–Crippen MR) is 282 cm³/mol. The number of ketones is 1. The van der Waals surface area contributed by atoms with Crippen LogP contribution < -0.4 is 64.9 Å². The van der Waals surface area contributed by atoms with E-state index in [0.717, 1.165) is 44.9 Å². The number of hydrogen-bond acceptors (Lipinski definition) is 13. The average Bonchev–Trinajstić information content (AvgIpc) is 4.25. The molecule has 1 aromatic rings. The van der Waals surface area contributed by atoms with Crippen molar-refractivity contribution in [1.29, 1.82) is 0 Å². The third-order valence-electron chi connectivity index (χ3n) is 16.1. The van der Waals surface area contributed by atoms with Gasteiger partial charge in [-0.15, -0.1) is 0 Å². The standard InChI is InChI=1S/C54H89N11O9/c1-74-38-25-23-34(24-26-38)47(66)33-59-43-19-9-16-40(43)52(71)60-30-36(13-3-6-28-56)50(69)64-45-21-11-18-42(45)54(73)62-32-37(14-4-7-29-57)51(70)65-46-22-10-17-41(46)53(72)61-31-35(12-2-5-27-55)49(68)63-44-20-8-15-39(44)48(58)67/h23-26,35-37,39-46,59H,2-22,27-33,55-57H2,1H3,(H2,58,67)(H,60,71)(H,61,72)(H,62,73)(H,63,68)(H,64,69)(H,65,70). The van der Waals surface area contributed by atoms with Crippen molar-refractivity contribution in [2.75, 3.05) is 52.9 Å². The maximum atomic E-state index is 14.0. The molecule has 0 heterocycles. The Kier molecular flexibility index (Phi) is 25.5. The molecule has 5 rings (SSSR count). The van der Waals surface area contributed by atoms with Crippen LogP contribution in [-0.2, 0) is 33.6 Å². The van der Waals surface area contributed by atoms with Gasteiger partial charge in [0, 0.05) is 49.4 Å². The second-order valence-electron chi connectivity index (χ2n) is 21.2. The number of hydrogen-bond donors (Lipinski definition) is 11. The van der Waals surface area contributed by atoms with Gasteiger partial charge in [-0.3, -0.25) is 38.4 Å². The van der Waals surface area contributed by atoms with Gasteiger partial charge in [0.05, 0.1) is 55.1 Å². The molecule has 11 unspecified atom stereocenters. The molecule has 0 spiro atoms. The van der Waals surface area contributed by atoms with Crippen LogP contribution in [0.15, 0.2) is 24.3 Å². The van der Waals surface area contributed by atoms with Crippen molar-refractivity contribution in [3.63, 3.8) is 0 Å². The number of unbranched alkanes of at least 4 members (excludes halogenated alkanes) is 3. The summed E-state index contributed by atoms with van der Waals surface area (Å²) in [5, 5.41) is 21.7. The number of rotatable bonds is 33. The number of amides is 7. The second-order valence-corrected chi connectivity index (χ2v) is 21.2. The molecule has 7 amide bonds. The smallest absolute Gasteiger partial charge is 0.225 e. The Morgan fingerprint density at radius 1 is 0.500 bits per heavy atom. The SMILES string of the molecule is COc1ccc(C(=O)CNC2CCCC2C(=O)NCC(CCCCN)C(=O)NC2CCCC2C(=O)NCC(CCCCN)C(=O)NC2CCCC2C(=O)NCC(CCCCN)C(=O)NC2CCCC2C(N)=O)cc1. The molecule has 0 bridgehead atoms. The van der Waals surface area contributed by atoms with Crippen molar-refractivity contribution in [2.24, 2.45) is 64.4 Å². The largest absolute Gasteiger partial charge is 0.497 e. The summed E-state index contributed by atoms with van der Waals surface area (Å²) >= 11 is 0. The van der Waals surface area contributed by atoms with E-state index in [0.29, 0.717) is 121 Å². The van der Waals surface area contributed by atoms with Crippen LogP contribution in [0.5, 0.6) is 5.75 Å². The zero-order valence-electron chi connectivity index (χ0n) is 43.9. The molecule has 74 heavy (non-hydrogen) atoms. The van der Waals surface area contributed by atoms with Crippen LogP contribution in [0.1, 0.15) is 145 Å². The monoisotopic (exact) mass is 1040 g/mol. The van der Waals surface area contributed by atoms with Gasteiger partial charge in [0.2, 0.25) is 41.4 Å². The number of primary amides is 1. The Morgan fingerprint density at radius 2 is 0.851 bits per heavy atom. The quantitative estimate of drug-likeness (QED) is 0.0352. The molecule has 4 aliphatic carbocycles. The second kappa shape index (κ2) is 31.6. The minimum atomic E-state index is -0.584. The van der Waals surface area contributed by atoms with Gasteiger partial charge in [-0.25, -0.2) is 0 Å². The summed E-state index contributed by atoms with van der Waals surface area (Å²) in [5.41, 5.74) is 23.5. The van der Waals surface area contributed by atoms with Crippen LogP contribution in [0, 0.1) is 41.4 Å². The van der Waals surface area contributed by atoms with Gasteiger partial charge in [0.25, 0.3) is 0 Å². The molecule has 4 aliphatic rings. The molecular weight excluding hydrogens is 947 g/mol. The molecular formula is C54H89N11O9. The highest BCUT2D eigenvalue weighted by molar-refractivity contribution is 5.97. The van der Waals surface area contributed by atoms with Crippen LogP contribution in [0.4, 0.5) is 0 Å². The summed E-state index contributed by atoms with van der Waals surface area (Å²) in [6.45, 7) is 1.82. The first-order chi connectivity index (χ1) is 35.8. The van der Waals surface area contributed by atoms with E-state index >= 15 is 0 Å². The molecule has 4 saturated carbocycles. The molecule has 20 heteroatoms. The minimum absolute atomic E-state index is 0.0770. The number of carbonyl (C=O) groups is 8. The molecule has 11 atom stereocenters. The Hall–Kier alpha value is -5.18. The van der Waals surface area contributed by atoms with E-state index in [2.05, 4.69) is 37.2 Å². The zero-order chi connectivity index (χ0) is 53.4. The number of methoxy groups -OCH3 is 1. The minimum Gasteiger partial charge on any atom is -0.497 e. The average molecular weight is 1040 g/mol. The fraction of sp³-hybridized carbons (Fsp3) is 0.741. The number of nitrogens with one attached hydrogen (secondary N) is 7. The van der Waals surface area contributed by atoms with E-state index in [1.807, 2.05) is 0 Å². The first-order valence-electron chi connectivity index (χ1n) is 27.8. The molecule has 4 fully saturated rings. The lowest BCUT2D eigenvalue weighted by Crippen LogP contribution is -2.51. The molecule has 0 saturated heterocycles. The normalized spacial score (nSPS) is 24.5. The number of ether oxygens (including phenoxy) is 1. The lowest BCUT2D eigenvalue weighted by atomic mass is 9.95. The molecule has 0 aromatic heterocycles. The first kappa shape index (κ1) is 59.7. The van der Waals surface area contributed by atoms with Crippen molar-refractivity contribution in [3.05, 3.63) is 29.8 Å². The van der Waals surface area contributed by atoms with Gasteiger partial charge in [0.1, 0.15) is 5.75 Å². The first-order valence-corrected chi connectivity index (χ1v) is 27.8. The summed E-state index contributed by atoms with van der Waals surface area (Å²) in [6.07, 6.45) is 13.9. The maximum Gasteiger partial charge on any atom is 0.225 e. The molecule has 15 N–H and O–H groups in total. The fourth-order valence-electron chi connectivity index (χ4n) is 11.5. The van der Waals surface area contributed by atoms with Crippen molar-refractivity contribution in [2.45, 2.75) is 159 Å². The van der Waals surface area contributed by atoms with Crippen LogP contribution in [0.25, 0.3) is 0 Å². The van der Waals surface area contributed by atoms with Crippen molar-refractivity contribution in [1.82, 2.24) is 37.2 Å². The van der Waals surface area contributed by atoms with Crippen molar-refractivity contribution in [3.8, 4) is 5.75 Å². The molecule has 0 aliphatic heterocycles. The van der Waals surface area contributed by atoms with E-state index in [-0.39, 0.29) is 85.4 Å². The summed E-state index contributed by atoms with van der Waals surface area (Å²) in [5.74, 6) is -4.64. The zero-order valence-corrected chi connectivity index (χ0v) is 43.9. The fourth-order valence-corrected chi connectivity index (χ4v) is 11.5. The van der Waals surface area contributed by atoms with Gasteiger partial charge in [-0.1, -0.05) is 44.9 Å². The number of carbonyl (C=O) groups excluding carboxylic acids is 8. The van der Waals surface area contributed by atoms with Gasteiger partial charge < -0.3 is 64.9 Å². The summed E-state index contributed by atoms with van der Waals surface area (Å²) in [6, 6.07) is 5.56. The van der Waals surface area contributed by atoms with Crippen LogP contribution in [0.3, 0.4) is 0 Å². The van der Waals surface area contributed by atoms with Gasteiger partial charge >= 0.3 is 0 Å². The number of nitrogens with two attached hydrogens (primary N) is 4. The third-order valence-corrected chi connectivity index (χ3v) is 16.1. The van der Waals surface area contributed by atoms with Gasteiger partial charge in [-0.2, -0.15) is 0 Å². The van der Waals surface area contributed by atoms with E-state index in [4.69, 9.17) is 27.7 Å². The maximum absolute atomic E-state index is 14.0. The molecule has 1 aromatic carbocycles. The molecule has 20 nitrogen and oxygen atoms in total. The number of Topliss-reactive ketones (excluding diaryl/α,β-unsaturated/α-hetero) is 1. The Balaban J connectivity index is 1.12. The Bertz CT molecular complexity index is 1990. The lowest BCUT2D eigenvalue weighted by molar-refractivity contribution is -0.130. The highest BCUT2D eigenvalue weighted by Gasteiger charge is 2.40. The van der Waals surface area contributed by atoms with Crippen LogP contribution in [-0.4, -0.2) is 124 Å². The third kappa shape index (κ3) is 18.3. The Morgan fingerprint density at radius 3 is 1.22 bits per heavy atom. The topological polar surface area (TPSA) is 334 Å². The van der Waals surface area contributed by atoms with Gasteiger partial charge in [0.15, 0.2) is 5.78 Å². The van der Waals surface area contributed by atoms with E-state index in [9.17, 15) is 38.4 Å². The Labute approximate surface area is 438 Å². The highest BCUT2D eigenvalue weighted by atomic mass is 16.5. The summed E-state index contributed by atoms with van der Waals surface area (Å²) in [4.78, 5) is 108. The van der Waals surface area contributed by atoms with Crippen molar-refractivity contribution < 1.29 is 43.1 Å². The van der Waals surface area contributed by atoms with E-state index < -0.39 is 53.5 Å². The van der Waals surface area contributed by atoms with Crippen LogP contribution >= 0.6 is 0 Å². The highest BCUT2D eigenvalue weighted by Crippen LogP contribution is 2.30. The van der Waals surface area contributed by atoms with Crippen LogP contribution in [0.2, 0.25) is 0 Å². The number of benzene rings is 1. The molecule has 414 valence electrons. The van der Waals surface area contributed by atoms with Crippen molar-refractivity contribution >= 4 is 47.1 Å². The van der Waals surface area contributed by atoms with E-state index in [1.54, 1.807) is 31.4 Å². The predicted octanol–water partition coefficient (Wildman–Crippen LogP) is 1.56. The molecule has 0 radical (unpaired) electrons. The van der Waals surface area contributed by atoms with E-state index in [1.165, 1.54) is 0 Å². The summed E-state index contributed by atoms with van der Waals surface area (Å²) in [7, 11) is 1.57. The summed E-state index contributed by atoms with van der Waals surface area (Å²) < 4.78 is 5.20. The lowest BCUT2D eigenvalue weighted by Gasteiger charge is -2.27.